The number of hydrogen-bond donors (Lipinski definition) is 1. The molecule has 50 valence electrons. The van der Waals surface area contributed by atoms with Crippen molar-refractivity contribution in [3.8, 4) is 0 Å². The molecule has 0 saturated carbocycles. The van der Waals surface area contributed by atoms with Crippen LogP contribution in [0.15, 0.2) is 6.33 Å². The van der Waals surface area contributed by atoms with Gasteiger partial charge in [-0.25, -0.2) is 10.6 Å². The van der Waals surface area contributed by atoms with Crippen molar-refractivity contribution in [3.63, 3.8) is 0 Å². The number of nitrogens with two attached hydrogens (primary N) is 1. The molecule has 0 atom stereocenters. The van der Waals surface area contributed by atoms with E-state index in [1.807, 2.05) is 0 Å². The molecule has 2 N–H and O–H groups in total. The van der Waals surface area contributed by atoms with Gasteiger partial charge >= 0.3 is 0 Å². The van der Waals surface area contributed by atoms with Crippen molar-refractivity contribution in [2.75, 3.05) is 6.61 Å². The third-order valence-electron chi connectivity index (χ3n) is 0.830. The zero-order valence-electron chi connectivity index (χ0n) is 4.77. The first-order valence-corrected chi connectivity index (χ1v) is 2.46. The highest BCUT2D eigenvalue weighted by Crippen LogP contribution is 1.75. The van der Waals surface area contributed by atoms with E-state index in [2.05, 4.69) is 20.4 Å². The molecule has 6 heteroatoms. The summed E-state index contributed by atoms with van der Waals surface area (Å²) < 4.78 is 1.53. The number of rotatable bonds is 3. The second kappa shape index (κ2) is 3.10. The zero-order valence-corrected chi connectivity index (χ0v) is 4.77. The van der Waals surface area contributed by atoms with Gasteiger partial charge in [-0.05, 0) is 10.4 Å². The summed E-state index contributed by atoms with van der Waals surface area (Å²) in [4.78, 5) is 4.30. The summed E-state index contributed by atoms with van der Waals surface area (Å²) in [6.07, 6.45) is 1.50. The predicted octanol–water partition coefficient (Wildman–Crippen LogP) is -1.44. The fraction of sp³-hybridized carbons (Fsp3) is 0.667. The Morgan fingerprint density at radius 3 is 3.11 bits per heavy atom. The van der Waals surface area contributed by atoms with Gasteiger partial charge in [0.2, 0.25) is 0 Å². The molecule has 0 aliphatic carbocycles. The normalized spacial score (nSPS) is 9.89. The first-order valence-electron chi connectivity index (χ1n) is 2.46. The molecule has 0 bridgehead atoms. The van der Waals surface area contributed by atoms with E-state index in [0.717, 1.165) is 0 Å². The van der Waals surface area contributed by atoms with Crippen molar-refractivity contribution in [2.45, 2.75) is 6.54 Å². The quantitative estimate of drug-likeness (QED) is 0.506. The van der Waals surface area contributed by atoms with Gasteiger partial charge in [0, 0.05) is 0 Å². The molecule has 0 aliphatic heterocycles. The summed E-state index contributed by atoms with van der Waals surface area (Å²) in [5.41, 5.74) is 0. The van der Waals surface area contributed by atoms with Crippen molar-refractivity contribution in [2.24, 2.45) is 5.90 Å². The van der Waals surface area contributed by atoms with Gasteiger partial charge in [-0.3, -0.25) is 0 Å². The smallest absolute Gasteiger partial charge is 0.138 e. The molecule has 1 aromatic heterocycles. The Labute approximate surface area is 51.6 Å². The van der Waals surface area contributed by atoms with Crippen molar-refractivity contribution >= 4 is 0 Å². The summed E-state index contributed by atoms with van der Waals surface area (Å²) in [5, 5.41) is 10.4. The highest BCUT2D eigenvalue weighted by atomic mass is 16.6. The van der Waals surface area contributed by atoms with E-state index in [1.165, 1.54) is 11.0 Å². The molecule has 0 spiro atoms. The minimum absolute atomic E-state index is 0.422. The van der Waals surface area contributed by atoms with Crippen LogP contribution in [0.25, 0.3) is 0 Å². The van der Waals surface area contributed by atoms with Crippen molar-refractivity contribution in [1.82, 2.24) is 20.2 Å². The zero-order chi connectivity index (χ0) is 6.53. The van der Waals surface area contributed by atoms with Crippen LogP contribution in [0.2, 0.25) is 0 Å². The van der Waals surface area contributed by atoms with Crippen molar-refractivity contribution in [3.05, 3.63) is 6.33 Å². The molecule has 1 aromatic rings. The lowest BCUT2D eigenvalue weighted by Gasteiger charge is -1.93. The van der Waals surface area contributed by atoms with Gasteiger partial charge < -0.3 is 4.84 Å². The lowest BCUT2D eigenvalue weighted by atomic mass is 10.7. The lowest BCUT2D eigenvalue weighted by Crippen LogP contribution is -2.09. The Hall–Kier alpha value is -1.01. The van der Waals surface area contributed by atoms with Gasteiger partial charge in [-0.2, -0.15) is 0 Å². The Balaban J connectivity index is 2.30. The number of nitrogens with zero attached hydrogens (tertiary/aromatic N) is 4. The van der Waals surface area contributed by atoms with Gasteiger partial charge in [0.15, 0.2) is 0 Å². The highest BCUT2D eigenvalue weighted by Gasteiger charge is 1.88. The fourth-order valence-electron chi connectivity index (χ4n) is 0.429. The average Bonchev–Trinajstić information content (AvgIpc) is 2.34. The van der Waals surface area contributed by atoms with Gasteiger partial charge in [-0.15, -0.1) is 5.10 Å². The standard InChI is InChI=1S/C3H7N5O/c4-9-2-1-8-3-5-6-7-8/h3H,1-2,4H2. The predicted molar refractivity (Wildman–Crippen MR) is 28.0 cm³/mol. The molecule has 0 unspecified atom stereocenters. The van der Waals surface area contributed by atoms with E-state index in [0.29, 0.717) is 13.2 Å². The molecule has 1 rings (SSSR count). The third-order valence-corrected chi connectivity index (χ3v) is 0.830. The van der Waals surface area contributed by atoms with Crippen LogP contribution in [0.1, 0.15) is 0 Å². The van der Waals surface area contributed by atoms with Crippen LogP contribution in [0.3, 0.4) is 0 Å². The van der Waals surface area contributed by atoms with Gasteiger partial charge in [-0.1, -0.05) is 0 Å². The van der Waals surface area contributed by atoms with Crippen LogP contribution in [0.4, 0.5) is 0 Å². The van der Waals surface area contributed by atoms with Crippen LogP contribution in [-0.4, -0.2) is 26.8 Å². The Bertz CT molecular complexity index is 149. The average molecular weight is 129 g/mol. The van der Waals surface area contributed by atoms with Crippen LogP contribution in [-0.2, 0) is 11.4 Å². The van der Waals surface area contributed by atoms with E-state index in [1.54, 1.807) is 0 Å². The molecular formula is C3H7N5O. The SMILES string of the molecule is NOCCn1cnnn1. The first-order chi connectivity index (χ1) is 4.43. The maximum Gasteiger partial charge on any atom is 0.138 e. The largest absolute Gasteiger partial charge is 0.303 e. The van der Waals surface area contributed by atoms with Crippen LogP contribution in [0, 0.1) is 0 Å². The van der Waals surface area contributed by atoms with Gasteiger partial charge in [0.05, 0.1) is 13.2 Å². The minimum atomic E-state index is 0.422. The highest BCUT2D eigenvalue weighted by molar-refractivity contribution is 4.44. The number of aromatic nitrogens is 4. The van der Waals surface area contributed by atoms with E-state index in [-0.39, 0.29) is 0 Å². The molecule has 0 amide bonds. The molecule has 0 fully saturated rings. The second-order valence-corrected chi connectivity index (χ2v) is 1.44. The summed E-state index contributed by atoms with van der Waals surface area (Å²) in [7, 11) is 0. The first kappa shape index (κ1) is 6.12. The lowest BCUT2D eigenvalue weighted by molar-refractivity contribution is 0.126. The van der Waals surface area contributed by atoms with E-state index >= 15 is 0 Å². The minimum Gasteiger partial charge on any atom is -0.303 e. The van der Waals surface area contributed by atoms with E-state index < -0.39 is 0 Å². The maximum absolute atomic E-state index is 4.76. The second-order valence-electron chi connectivity index (χ2n) is 1.44. The summed E-state index contributed by atoms with van der Waals surface area (Å²) >= 11 is 0. The third kappa shape index (κ3) is 1.74. The summed E-state index contributed by atoms with van der Waals surface area (Å²) in [6, 6.07) is 0. The Kier molecular flexibility index (Phi) is 2.11. The fourth-order valence-corrected chi connectivity index (χ4v) is 0.429. The summed E-state index contributed by atoms with van der Waals surface area (Å²) in [5.74, 6) is 4.76. The molecular weight excluding hydrogens is 122 g/mol. The molecule has 1 heterocycles. The molecule has 0 aromatic carbocycles. The van der Waals surface area contributed by atoms with Crippen LogP contribution >= 0.6 is 0 Å². The molecule has 0 aliphatic rings. The number of hydrogen-bond acceptors (Lipinski definition) is 5. The van der Waals surface area contributed by atoms with Crippen LogP contribution in [0.5, 0.6) is 0 Å². The molecule has 9 heavy (non-hydrogen) atoms. The maximum atomic E-state index is 4.76. The molecule has 6 nitrogen and oxygen atoms in total. The Morgan fingerprint density at radius 1 is 1.67 bits per heavy atom. The van der Waals surface area contributed by atoms with E-state index in [4.69, 9.17) is 5.90 Å². The van der Waals surface area contributed by atoms with Gasteiger partial charge in [0.25, 0.3) is 0 Å². The van der Waals surface area contributed by atoms with Crippen LogP contribution < -0.4 is 5.90 Å². The monoisotopic (exact) mass is 129 g/mol. The topological polar surface area (TPSA) is 78.9 Å². The summed E-state index contributed by atoms with van der Waals surface area (Å²) in [6.45, 7) is 1.01. The van der Waals surface area contributed by atoms with Crippen molar-refractivity contribution in [1.29, 1.82) is 0 Å². The Morgan fingerprint density at radius 2 is 2.56 bits per heavy atom. The van der Waals surface area contributed by atoms with Gasteiger partial charge in [0.1, 0.15) is 6.33 Å². The van der Waals surface area contributed by atoms with Crippen molar-refractivity contribution < 1.29 is 4.84 Å². The molecule has 0 saturated heterocycles. The number of tetrazole rings is 1. The molecule has 0 radical (unpaired) electrons. The van der Waals surface area contributed by atoms with E-state index in [9.17, 15) is 0 Å².